The van der Waals surface area contributed by atoms with E-state index in [0.29, 0.717) is 0 Å². The van der Waals surface area contributed by atoms with Gasteiger partial charge in [-0.3, -0.25) is 0 Å². The molecule has 2 fully saturated rings. The maximum Gasteiger partial charge on any atom is 0.346 e. The van der Waals surface area contributed by atoms with Gasteiger partial charge >= 0.3 is 5.97 Å². The molecule has 116 valence electrons. The van der Waals surface area contributed by atoms with Crippen molar-refractivity contribution in [1.29, 1.82) is 0 Å². The standard InChI is InChI=1S/C17H24O4/c1-14(2,3)16-15(4,5)13(12-10-8-7-9-11-12)19-17(16,18-6)21-20-16/h7-11,13H,1-6H3. The summed E-state index contributed by atoms with van der Waals surface area (Å²) in [7, 11) is 1.60. The molecule has 2 saturated heterocycles. The minimum absolute atomic E-state index is 0.166. The van der Waals surface area contributed by atoms with E-state index < -0.39 is 11.6 Å². The van der Waals surface area contributed by atoms with Gasteiger partial charge in [0.1, 0.15) is 0 Å². The van der Waals surface area contributed by atoms with Crippen LogP contribution in [0.4, 0.5) is 0 Å². The zero-order chi connectivity index (χ0) is 15.5. The van der Waals surface area contributed by atoms with Crippen molar-refractivity contribution in [2.45, 2.75) is 52.3 Å². The second-order valence-electron chi connectivity index (χ2n) is 7.49. The van der Waals surface area contributed by atoms with Crippen LogP contribution in [-0.4, -0.2) is 18.7 Å². The largest absolute Gasteiger partial charge is 0.346 e. The molecule has 3 unspecified atom stereocenters. The zero-order valence-electron chi connectivity index (χ0n) is 13.6. The van der Waals surface area contributed by atoms with Crippen LogP contribution in [0.1, 0.15) is 46.3 Å². The van der Waals surface area contributed by atoms with Crippen LogP contribution in [0.5, 0.6) is 0 Å². The number of benzene rings is 1. The smallest absolute Gasteiger partial charge is 0.327 e. The van der Waals surface area contributed by atoms with Crippen molar-refractivity contribution in [2.75, 3.05) is 7.11 Å². The molecule has 3 atom stereocenters. The van der Waals surface area contributed by atoms with E-state index in [4.69, 9.17) is 19.2 Å². The molecule has 4 nitrogen and oxygen atoms in total. The van der Waals surface area contributed by atoms with Gasteiger partial charge in [-0.15, -0.1) is 0 Å². The fraction of sp³-hybridized carbons (Fsp3) is 0.647. The van der Waals surface area contributed by atoms with Crippen molar-refractivity contribution >= 4 is 0 Å². The van der Waals surface area contributed by atoms with Crippen molar-refractivity contribution in [3.05, 3.63) is 35.9 Å². The Hall–Kier alpha value is -0.940. The molecule has 4 heteroatoms. The van der Waals surface area contributed by atoms with Crippen LogP contribution in [0.25, 0.3) is 0 Å². The summed E-state index contributed by atoms with van der Waals surface area (Å²) in [5.74, 6) is -1.16. The summed E-state index contributed by atoms with van der Waals surface area (Å²) in [4.78, 5) is 11.1. The Morgan fingerprint density at radius 3 is 2.05 bits per heavy atom. The number of rotatable bonds is 2. The Kier molecular flexibility index (Phi) is 3.06. The quantitative estimate of drug-likeness (QED) is 0.776. The topological polar surface area (TPSA) is 36.9 Å². The molecular weight excluding hydrogens is 268 g/mol. The predicted octanol–water partition coefficient (Wildman–Crippen LogP) is 3.83. The lowest BCUT2D eigenvalue weighted by Gasteiger charge is -2.59. The lowest BCUT2D eigenvalue weighted by molar-refractivity contribution is -0.672. The average molecular weight is 292 g/mol. The Bertz CT molecular complexity index is 529. The maximum absolute atomic E-state index is 6.26. The molecule has 2 aliphatic heterocycles. The van der Waals surface area contributed by atoms with Crippen LogP contribution in [0.2, 0.25) is 0 Å². The Labute approximate surface area is 126 Å². The van der Waals surface area contributed by atoms with Crippen LogP contribution >= 0.6 is 0 Å². The highest BCUT2D eigenvalue weighted by atomic mass is 17.3. The van der Waals surface area contributed by atoms with Gasteiger partial charge in [0, 0.05) is 17.9 Å². The fourth-order valence-electron chi connectivity index (χ4n) is 4.17. The zero-order valence-corrected chi connectivity index (χ0v) is 13.6. The SMILES string of the molecule is COC12OOC1(C(C)(C)C)C(C)(C)C(c1ccccc1)O2. The second-order valence-corrected chi connectivity index (χ2v) is 7.49. The van der Waals surface area contributed by atoms with Gasteiger partial charge in [0.05, 0.1) is 6.10 Å². The van der Waals surface area contributed by atoms with E-state index >= 15 is 0 Å². The summed E-state index contributed by atoms with van der Waals surface area (Å²) in [5, 5.41) is 0. The van der Waals surface area contributed by atoms with E-state index in [1.54, 1.807) is 7.11 Å². The Balaban J connectivity index is 2.14. The first-order valence-corrected chi connectivity index (χ1v) is 7.37. The average Bonchev–Trinajstić information content (AvgIpc) is 2.51. The summed E-state index contributed by atoms with van der Waals surface area (Å²) < 4.78 is 11.9. The normalized spacial score (nSPS) is 37.9. The predicted molar refractivity (Wildman–Crippen MR) is 78.1 cm³/mol. The van der Waals surface area contributed by atoms with Crippen LogP contribution in [0.15, 0.2) is 30.3 Å². The van der Waals surface area contributed by atoms with Crippen LogP contribution < -0.4 is 0 Å². The summed E-state index contributed by atoms with van der Waals surface area (Å²) in [6, 6.07) is 10.2. The molecule has 3 rings (SSSR count). The van der Waals surface area contributed by atoms with E-state index in [1.807, 2.05) is 18.2 Å². The van der Waals surface area contributed by atoms with Gasteiger partial charge in [-0.05, 0) is 5.56 Å². The summed E-state index contributed by atoms with van der Waals surface area (Å²) in [5.41, 5.74) is -0.110. The van der Waals surface area contributed by atoms with Crippen molar-refractivity contribution in [3.63, 3.8) is 0 Å². The number of hydrogen-bond donors (Lipinski definition) is 0. The molecule has 0 N–H and O–H groups in total. The fourth-order valence-corrected chi connectivity index (χ4v) is 4.17. The molecule has 21 heavy (non-hydrogen) atoms. The molecule has 0 amide bonds. The molecule has 0 saturated carbocycles. The molecule has 2 aliphatic rings. The van der Waals surface area contributed by atoms with Crippen LogP contribution in [0.3, 0.4) is 0 Å². The van der Waals surface area contributed by atoms with Gasteiger partial charge in [-0.2, -0.15) is 4.89 Å². The second kappa shape index (κ2) is 4.29. The first-order chi connectivity index (χ1) is 9.72. The molecule has 0 aliphatic carbocycles. The van der Waals surface area contributed by atoms with E-state index in [0.717, 1.165) is 5.56 Å². The molecule has 1 aromatic rings. The monoisotopic (exact) mass is 292 g/mol. The first kappa shape index (κ1) is 15.0. The van der Waals surface area contributed by atoms with E-state index in [1.165, 1.54) is 0 Å². The summed E-state index contributed by atoms with van der Waals surface area (Å²) in [6.07, 6.45) is -0.166. The third-order valence-electron chi connectivity index (χ3n) is 4.97. The maximum atomic E-state index is 6.26. The minimum atomic E-state index is -1.16. The number of ether oxygens (including phenoxy) is 2. The van der Waals surface area contributed by atoms with Gasteiger partial charge in [0.15, 0.2) is 5.60 Å². The van der Waals surface area contributed by atoms with Gasteiger partial charge in [-0.1, -0.05) is 65.0 Å². The summed E-state index contributed by atoms with van der Waals surface area (Å²) >= 11 is 0. The lowest BCUT2D eigenvalue weighted by atomic mass is 9.58. The third kappa shape index (κ3) is 1.59. The highest BCUT2D eigenvalue weighted by Crippen LogP contribution is 2.71. The minimum Gasteiger partial charge on any atom is -0.327 e. The van der Waals surface area contributed by atoms with Crippen molar-refractivity contribution in [3.8, 4) is 0 Å². The van der Waals surface area contributed by atoms with E-state index in [2.05, 4.69) is 46.8 Å². The molecule has 0 bridgehead atoms. The van der Waals surface area contributed by atoms with Gasteiger partial charge in [-0.25, -0.2) is 4.89 Å². The first-order valence-electron chi connectivity index (χ1n) is 7.37. The van der Waals surface area contributed by atoms with Crippen LogP contribution in [-0.2, 0) is 19.2 Å². The van der Waals surface area contributed by atoms with Gasteiger partial charge in [0.2, 0.25) is 0 Å². The van der Waals surface area contributed by atoms with Crippen molar-refractivity contribution in [1.82, 2.24) is 0 Å². The molecule has 0 radical (unpaired) electrons. The number of hydrogen-bond acceptors (Lipinski definition) is 4. The number of methoxy groups -OCH3 is 1. The van der Waals surface area contributed by atoms with Gasteiger partial charge in [0.25, 0.3) is 0 Å². The molecular formula is C17H24O4. The molecule has 1 aromatic carbocycles. The molecule has 0 spiro atoms. The highest BCUT2D eigenvalue weighted by molar-refractivity contribution is 5.27. The number of fused-ring (bicyclic) bond motifs is 1. The Morgan fingerprint density at radius 2 is 1.67 bits per heavy atom. The Morgan fingerprint density at radius 1 is 1.05 bits per heavy atom. The summed E-state index contributed by atoms with van der Waals surface area (Å²) in [6.45, 7) is 10.7. The lowest BCUT2D eigenvalue weighted by Crippen LogP contribution is -2.75. The molecule has 2 heterocycles. The van der Waals surface area contributed by atoms with Crippen molar-refractivity contribution in [2.24, 2.45) is 10.8 Å². The molecule has 0 aromatic heterocycles. The van der Waals surface area contributed by atoms with E-state index in [-0.39, 0.29) is 16.9 Å². The third-order valence-corrected chi connectivity index (χ3v) is 4.97. The van der Waals surface area contributed by atoms with Crippen molar-refractivity contribution < 1.29 is 19.2 Å². The van der Waals surface area contributed by atoms with Crippen LogP contribution in [0, 0.1) is 10.8 Å². The van der Waals surface area contributed by atoms with Gasteiger partial charge < -0.3 is 9.47 Å². The highest BCUT2D eigenvalue weighted by Gasteiger charge is 2.84. The van der Waals surface area contributed by atoms with E-state index in [9.17, 15) is 0 Å².